The Hall–Kier alpha value is -1.91. The van der Waals surface area contributed by atoms with Crippen molar-refractivity contribution >= 4 is 16.7 Å². The fraction of sp³-hybridized carbons (Fsp3) is 0.421. The summed E-state index contributed by atoms with van der Waals surface area (Å²) in [7, 11) is 0. The summed E-state index contributed by atoms with van der Waals surface area (Å²) in [5.41, 5.74) is 0.456. The molecule has 2 aromatic carbocycles. The molecule has 1 amide bonds. The summed E-state index contributed by atoms with van der Waals surface area (Å²) in [6, 6.07) is 14.0. The number of rotatable bonds is 4. The Balaban J connectivity index is 1.63. The summed E-state index contributed by atoms with van der Waals surface area (Å²) < 4.78 is 0. The maximum atomic E-state index is 12.4. The zero-order valence-corrected chi connectivity index (χ0v) is 13.5. The van der Waals surface area contributed by atoms with E-state index in [9.17, 15) is 9.90 Å². The van der Waals surface area contributed by atoms with Crippen LogP contribution < -0.4 is 10.6 Å². The average Bonchev–Trinajstić information content (AvgIpc) is 2.59. The van der Waals surface area contributed by atoms with Gasteiger partial charge in [0.15, 0.2) is 0 Å². The SMILES string of the molecule is CC1(C(=O)NCC(O)c2ccc3ccccc3c2)CCCNC1. The maximum absolute atomic E-state index is 12.4. The van der Waals surface area contributed by atoms with E-state index in [1.807, 2.05) is 49.4 Å². The van der Waals surface area contributed by atoms with Gasteiger partial charge in [-0.25, -0.2) is 0 Å². The van der Waals surface area contributed by atoms with Crippen LogP contribution in [0.4, 0.5) is 0 Å². The van der Waals surface area contributed by atoms with Gasteiger partial charge in [-0.05, 0) is 48.7 Å². The highest BCUT2D eigenvalue weighted by Crippen LogP contribution is 2.26. The second kappa shape index (κ2) is 6.69. The van der Waals surface area contributed by atoms with Crippen molar-refractivity contribution in [2.75, 3.05) is 19.6 Å². The Morgan fingerprint density at radius 2 is 2.09 bits per heavy atom. The lowest BCUT2D eigenvalue weighted by Gasteiger charge is -2.33. The molecule has 1 fully saturated rings. The van der Waals surface area contributed by atoms with Gasteiger partial charge in [0.25, 0.3) is 0 Å². The van der Waals surface area contributed by atoms with E-state index in [0.29, 0.717) is 6.54 Å². The molecule has 2 atom stereocenters. The first-order valence-electron chi connectivity index (χ1n) is 8.24. The summed E-state index contributed by atoms with van der Waals surface area (Å²) in [6.07, 6.45) is 1.21. The van der Waals surface area contributed by atoms with Gasteiger partial charge < -0.3 is 15.7 Å². The van der Waals surface area contributed by atoms with Crippen molar-refractivity contribution in [3.05, 3.63) is 48.0 Å². The number of hydrogen-bond acceptors (Lipinski definition) is 3. The number of nitrogens with one attached hydrogen (secondary N) is 2. The van der Waals surface area contributed by atoms with E-state index in [1.165, 1.54) is 0 Å². The second-order valence-corrected chi connectivity index (χ2v) is 6.67. The highest BCUT2D eigenvalue weighted by molar-refractivity contribution is 5.83. The van der Waals surface area contributed by atoms with Crippen molar-refractivity contribution < 1.29 is 9.90 Å². The first kappa shape index (κ1) is 16.0. The second-order valence-electron chi connectivity index (χ2n) is 6.67. The Bertz CT molecular complexity index is 693. The molecule has 23 heavy (non-hydrogen) atoms. The predicted molar refractivity (Wildman–Crippen MR) is 92.1 cm³/mol. The van der Waals surface area contributed by atoms with Crippen LogP contribution in [0.5, 0.6) is 0 Å². The summed E-state index contributed by atoms with van der Waals surface area (Å²) in [5.74, 6) is 0.0181. The summed E-state index contributed by atoms with van der Waals surface area (Å²) in [6.45, 7) is 3.90. The van der Waals surface area contributed by atoms with Crippen LogP contribution in [0.1, 0.15) is 31.4 Å². The lowest BCUT2D eigenvalue weighted by Crippen LogP contribution is -2.49. The number of amides is 1. The van der Waals surface area contributed by atoms with Gasteiger partial charge in [-0.2, -0.15) is 0 Å². The summed E-state index contributed by atoms with van der Waals surface area (Å²) >= 11 is 0. The van der Waals surface area contributed by atoms with Crippen LogP contribution in [-0.4, -0.2) is 30.6 Å². The minimum atomic E-state index is -0.691. The first-order chi connectivity index (χ1) is 11.1. The molecule has 1 saturated heterocycles. The minimum absolute atomic E-state index is 0.0181. The van der Waals surface area contributed by atoms with Gasteiger partial charge in [0.1, 0.15) is 0 Å². The number of piperidine rings is 1. The molecule has 2 aromatic rings. The van der Waals surface area contributed by atoms with Gasteiger partial charge in [0.2, 0.25) is 5.91 Å². The Kier molecular flexibility index (Phi) is 4.64. The Labute approximate surface area is 136 Å². The third-order valence-corrected chi connectivity index (χ3v) is 4.76. The van der Waals surface area contributed by atoms with Gasteiger partial charge in [0.05, 0.1) is 11.5 Å². The molecule has 0 bridgehead atoms. The number of carbonyl (C=O) groups is 1. The maximum Gasteiger partial charge on any atom is 0.227 e. The normalized spacial score (nSPS) is 22.7. The number of aliphatic hydroxyl groups is 1. The first-order valence-corrected chi connectivity index (χ1v) is 8.24. The van der Waals surface area contributed by atoms with Gasteiger partial charge in [-0.15, -0.1) is 0 Å². The molecule has 1 aliphatic heterocycles. The van der Waals surface area contributed by atoms with Crippen molar-refractivity contribution in [1.82, 2.24) is 10.6 Å². The molecule has 122 valence electrons. The van der Waals surface area contributed by atoms with E-state index in [2.05, 4.69) is 10.6 Å². The lowest BCUT2D eigenvalue weighted by atomic mass is 9.82. The third kappa shape index (κ3) is 3.54. The highest BCUT2D eigenvalue weighted by atomic mass is 16.3. The predicted octanol–water partition coefficient (Wildman–Crippen LogP) is 2.38. The largest absolute Gasteiger partial charge is 0.387 e. The van der Waals surface area contributed by atoms with Crippen molar-refractivity contribution in [3.63, 3.8) is 0 Å². The lowest BCUT2D eigenvalue weighted by molar-refractivity contribution is -0.131. The molecule has 3 N–H and O–H groups in total. The number of aliphatic hydroxyl groups excluding tert-OH is 1. The molecule has 1 aliphatic rings. The summed E-state index contributed by atoms with van der Waals surface area (Å²) in [5, 5.41) is 18.8. The zero-order chi connectivity index (χ0) is 16.3. The van der Waals surface area contributed by atoms with E-state index >= 15 is 0 Å². The number of hydrogen-bond donors (Lipinski definition) is 3. The third-order valence-electron chi connectivity index (χ3n) is 4.76. The molecule has 1 heterocycles. The van der Waals surface area contributed by atoms with Gasteiger partial charge in [-0.3, -0.25) is 4.79 Å². The smallest absolute Gasteiger partial charge is 0.227 e. The topological polar surface area (TPSA) is 61.4 Å². The summed E-state index contributed by atoms with van der Waals surface area (Å²) in [4.78, 5) is 12.4. The van der Waals surface area contributed by atoms with Crippen LogP contribution in [0.15, 0.2) is 42.5 Å². The van der Waals surface area contributed by atoms with E-state index < -0.39 is 6.10 Å². The monoisotopic (exact) mass is 312 g/mol. The molecular formula is C19H24N2O2. The van der Waals surface area contributed by atoms with Crippen molar-refractivity contribution in [3.8, 4) is 0 Å². The number of carbonyl (C=O) groups excluding carboxylic acids is 1. The Morgan fingerprint density at radius 3 is 2.83 bits per heavy atom. The van der Waals surface area contributed by atoms with E-state index in [0.717, 1.165) is 35.7 Å². The fourth-order valence-corrected chi connectivity index (χ4v) is 3.19. The van der Waals surface area contributed by atoms with E-state index in [-0.39, 0.29) is 17.9 Å². The van der Waals surface area contributed by atoms with Crippen LogP contribution in [0.3, 0.4) is 0 Å². The van der Waals surface area contributed by atoms with Gasteiger partial charge in [0, 0.05) is 13.1 Å². The molecule has 4 heteroatoms. The molecule has 0 saturated carbocycles. The van der Waals surface area contributed by atoms with Crippen LogP contribution in [-0.2, 0) is 4.79 Å². The van der Waals surface area contributed by atoms with Crippen LogP contribution in [0.2, 0.25) is 0 Å². The molecular weight excluding hydrogens is 288 g/mol. The molecule has 3 rings (SSSR count). The Morgan fingerprint density at radius 1 is 1.30 bits per heavy atom. The van der Waals surface area contributed by atoms with E-state index in [1.54, 1.807) is 0 Å². The molecule has 0 aliphatic carbocycles. The molecule has 0 spiro atoms. The van der Waals surface area contributed by atoms with Crippen molar-refractivity contribution in [2.45, 2.75) is 25.9 Å². The highest BCUT2D eigenvalue weighted by Gasteiger charge is 2.34. The quantitative estimate of drug-likeness (QED) is 0.812. The van der Waals surface area contributed by atoms with Crippen molar-refractivity contribution in [2.24, 2.45) is 5.41 Å². The fourth-order valence-electron chi connectivity index (χ4n) is 3.19. The molecule has 2 unspecified atom stereocenters. The van der Waals surface area contributed by atoms with E-state index in [4.69, 9.17) is 0 Å². The van der Waals surface area contributed by atoms with Crippen LogP contribution in [0, 0.1) is 5.41 Å². The molecule has 0 radical (unpaired) electrons. The minimum Gasteiger partial charge on any atom is -0.387 e. The van der Waals surface area contributed by atoms with Crippen molar-refractivity contribution in [1.29, 1.82) is 0 Å². The van der Waals surface area contributed by atoms with Crippen LogP contribution in [0.25, 0.3) is 10.8 Å². The van der Waals surface area contributed by atoms with Crippen LogP contribution >= 0.6 is 0 Å². The molecule has 4 nitrogen and oxygen atoms in total. The number of benzene rings is 2. The van der Waals surface area contributed by atoms with Gasteiger partial charge >= 0.3 is 0 Å². The standard InChI is InChI=1S/C19H24N2O2/c1-19(9-4-10-20-13-19)18(23)21-12-17(22)16-8-7-14-5-2-3-6-15(14)11-16/h2-3,5-8,11,17,20,22H,4,9-10,12-13H2,1H3,(H,21,23). The number of fused-ring (bicyclic) bond motifs is 1. The average molecular weight is 312 g/mol. The molecule has 0 aromatic heterocycles. The van der Waals surface area contributed by atoms with Gasteiger partial charge in [-0.1, -0.05) is 36.4 Å². The zero-order valence-electron chi connectivity index (χ0n) is 13.5.